The first-order valence-electron chi connectivity index (χ1n) is 8.50. The molecule has 0 atom stereocenters. The number of hydrogen-bond acceptors (Lipinski definition) is 4. The number of Topliss-reactive ketones (excluding diaryl/α,β-unsaturated/α-hetero) is 1. The van der Waals surface area contributed by atoms with Gasteiger partial charge in [-0.1, -0.05) is 6.92 Å². The molecule has 0 N–H and O–H groups in total. The second kappa shape index (κ2) is 8.30. The molecule has 0 amide bonds. The van der Waals surface area contributed by atoms with Crippen LogP contribution in [0.5, 0.6) is 0 Å². The van der Waals surface area contributed by atoms with Crippen molar-refractivity contribution in [1.29, 1.82) is 0 Å². The van der Waals surface area contributed by atoms with Crippen LogP contribution < -0.4 is 4.90 Å². The molecule has 0 aliphatic carbocycles. The average Bonchev–Trinajstić information content (AvgIpc) is 2.57. The lowest BCUT2D eigenvalue weighted by atomic mass is 10.1. The summed E-state index contributed by atoms with van der Waals surface area (Å²) < 4.78 is 0. The first kappa shape index (κ1) is 17.0. The summed E-state index contributed by atoms with van der Waals surface area (Å²) >= 11 is 0. The zero-order valence-corrected chi connectivity index (χ0v) is 14.2. The van der Waals surface area contributed by atoms with Crippen LogP contribution in [0, 0.1) is 0 Å². The fourth-order valence-electron chi connectivity index (χ4n) is 3.00. The van der Waals surface area contributed by atoms with Crippen molar-refractivity contribution in [2.24, 2.45) is 0 Å². The lowest BCUT2D eigenvalue weighted by molar-refractivity contribution is 0.0859. The zero-order valence-electron chi connectivity index (χ0n) is 14.2. The molecule has 1 aromatic rings. The predicted molar refractivity (Wildman–Crippen MR) is 92.9 cm³/mol. The summed E-state index contributed by atoms with van der Waals surface area (Å²) in [5, 5.41) is 0. The van der Waals surface area contributed by atoms with Crippen molar-refractivity contribution >= 4 is 11.5 Å². The highest BCUT2D eigenvalue weighted by Crippen LogP contribution is 2.15. The molecule has 0 spiro atoms. The number of carbonyl (C=O) groups is 1. The lowest BCUT2D eigenvalue weighted by Gasteiger charge is -2.33. The summed E-state index contributed by atoms with van der Waals surface area (Å²) in [4.78, 5) is 19.4. The molecule has 1 saturated heterocycles. The Labute approximate surface area is 134 Å². The third-order valence-corrected chi connectivity index (χ3v) is 4.60. The molecule has 0 aromatic heterocycles. The van der Waals surface area contributed by atoms with Crippen molar-refractivity contribution < 1.29 is 4.79 Å². The minimum Gasteiger partial charge on any atom is -0.372 e. The first-order valence-corrected chi connectivity index (χ1v) is 8.50. The van der Waals surface area contributed by atoms with E-state index >= 15 is 0 Å². The summed E-state index contributed by atoms with van der Waals surface area (Å²) in [7, 11) is 0. The van der Waals surface area contributed by atoms with Crippen molar-refractivity contribution in [3.05, 3.63) is 29.8 Å². The highest BCUT2D eigenvalue weighted by atomic mass is 16.1. The minimum absolute atomic E-state index is 0.232. The highest BCUT2D eigenvalue weighted by molar-refractivity contribution is 5.97. The first-order chi connectivity index (χ1) is 10.7. The van der Waals surface area contributed by atoms with Gasteiger partial charge in [-0.15, -0.1) is 0 Å². The molecule has 1 fully saturated rings. The van der Waals surface area contributed by atoms with E-state index in [0.717, 1.165) is 51.4 Å². The van der Waals surface area contributed by atoms with Gasteiger partial charge in [-0.05, 0) is 44.7 Å². The van der Waals surface area contributed by atoms with Crippen LogP contribution in [0.1, 0.15) is 31.1 Å². The number of rotatable bonds is 7. The maximum atomic E-state index is 12.4. The quantitative estimate of drug-likeness (QED) is 0.723. The van der Waals surface area contributed by atoms with Gasteiger partial charge in [0, 0.05) is 50.5 Å². The number of nitrogens with zero attached hydrogens (tertiary/aromatic N) is 3. The van der Waals surface area contributed by atoms with E-state index in [9.17, 15) is 4.79 Å². The smallest absolute Gasteiger partial charge is 0.176 e. The molecule has 4 heteroatoms. The Morgan fingerprint density at radius 1 is 0.955 bits per heavy atom. The van der Waals surface area contributed by atoms with E-state index in [4.69, 9.17) is 0 Å². The van der Waals surface area contributed by atoms with E-state index < -0.39 is 0 Å². The van der Waals surface area contributed by atoms with Crippen LogP contribution in [-0.2, 0) is 0 Å². The third kappa shape index (κ3) is 4.31. The summed E-state index contributed by atoms with van der Waals surface area (Å²) in [5.41, 5.74) is 2.02. The van der Waals surface area contributed by atoms with E-state index in [-0.39, 0.29) is 5.78 Å². The minimum atomic E-state index is 0.232. The zero-order chi connectivity index (χ0) is 15.9. The van der Waals surface area contributed by atoms with E-state index in [1.54, 1.807) is 0 Å². The SMILES string of the molecule is CCN1CCN(CC(=O)c2ccc(N(CC)CC)cc2)CC1. The lowest BCUT2D eigenvalue weighted by Crippen LogP contribution is -2.47. The van der Waals surface area contributed by atoms with E-state index in [1.807, 2.05) is 12.1 Å². The van der Waals surface area contributed by atoms with Gasteiger partial charge in [-0.25, -0.2) is 0 Å². The molecule has 2 rings (SSSR count). The normalized spacial score (nSPS) is 16.7. The fourth-order valence-corrected chi connectivity index (χ4v) is 3.00. The van der Waals surface area contributed by atoms with Crippen molar-refractivity contribution in [3.8, 4) is 0 Å². The van der Waals surface area contributed by atoms with Crippen LogP contribution in [0.3, 0.4) is 0 Å². The van der Waals surface area contributed by atoms with Crippen LogP contribution in [-0.4, -0.2) is 67.9 Å². The topological polar surface area (TPSA) is 26.8 Å². The van der Waals surface area contributed by atoms with Gasteiger partial charge in [0.05, 0.1) is 6.54 Å². The molecule has 1 aliphatic heterocycles. The number of piperazine rings is 1. The molecule has 1 aromatic carbocycles. The summed E-state index contributed by atoms with van der Waals surface area (Å²) in [6, 6.07) is 8.07. The number of benzene rings is 1. The molecule has 122 valence electrons. The average molecular weight is 303 g/mol. The molecule has 1 aliphatic rings. The summed E-state index contributed by atoms with van der Waals surface area (Å²) in [6.07, 6.45) is 0. The molecule has 0 bridgehead atoms. The maximum Gasteiger partial charge on any atom is 0.176 e. The van der Waals surface area contributed by atoms with Gasteiger partial charge in [0.2, 0.25) is 0 Å². The number of likely N-dealkylation sites (N-methyl/N-ethyl adjacent to an activating group) is 1. The molecule has 22 heavy (non-hydrogen) atoms. The third-order valence-electron chi connectivity index (χ3n) is 4.60. The van der Waals surface area contributed by atoms with Crippen molar-refractivity contribution in [1.82, 2.24) is 9.80 Å². The second-order valence-corrected chi connectivity index (χ2v) is 5.85. The number of hydrogen-bond donors (Lipinski definition) is 0. The van der Waals surface area contributed by atoms with Crippen molar-refractivity contribution in [3.63, 3.8) is 0 Å². The van der Waals surface area contributed by atoms with Gasteiger partial charge in [0.25, 0.3) is 0 Å². The standard InChI is InChI=1S/C18H29N3O/c1-4-19-11-13-20(14-12-19)15-18(22)16-7-9-17(10-8-16)21(5-2)6-3/h7-10H,4-6,11-15H2,1-3H3. The van der Waals surface area contributed by atoms with Gasteiger partial charge >= 0.3 is 0 Å². The Morgan fingerprint density at radius 2 is 1.50 bits per heavy atom. The largest absolute Gasteiger partial charge is 0.372 e. The van der Waals surface area contributed by atoms with Crippen LogP contribution in [0.4, 0.5) is 5.69 Å². The molecule has 4 nitrogen and oxygen atoms in total. The van der Waals surface area contributed by atoms with Crippen LogP contribution in [0.25, 0.3) is 0 Å². The number of carbonyl (C=O) groups excluding carboxylic acids is 1. The highest BCUT2D eigenvalue weighted by Gasteiger charge is 2.18. The van der Waals surface area contributed by atoms with E-state index in [0.29, 0.717) is 6.54 Å². The van der Waals surface area contributed by atoms with Gasteiger partial charge in [0.15, 0.2) is 5.78 Å². The number of ketones is 1. The van der Waals surface area contributed by atoms with E-state index in [1.165, 1.54) is 5.69 Å². The fraction of sp³-hybridized carbons (Fsp3) is 0.611. The summed E-state index contributed by atoms with van der Waals surface area (Å²) in [5.74, 6) is 0.232. The Balaban J connectivity index is 1.90. The Hall–Kier alpha value is -1.39. The van der Waals surface area contributed by atoms with Gasteiger partial charge < -0.3 is 9.80 Å². The summed E-state index contributed by atoms with van der Waals surface area (Å²) in [6.45, 7) is 14.3. The van der Waals surface area contributed by atoms with Gasteiger partial charge in [-0.2, -0.15) is 0 Å². The van der Waals surface area contributed by atoms with Crippen molar-refractivity contribution in [2.45, 2.75) is 20.8 Å². The van der Waals surface area contributed by atoms with E-state index in [2.05, 4.69) is 47.6 Å². The van der Waals surface area contributed by atoms with Crippen LogP contribution >= 0.6 is 0 Å². The second-order valence-electron chi connectivity index (χ2n) is 5.85. The Kier molecular flexibility index (Phi) is 6.40. The Morgan fingerprint density at radius 3 is 2.00 bits per heavy atom. The molecular weight excluding hydrogens is 274 g/mol. The van der Waals surface area contributed by atoms with Crippen LogP contribution in [0.2, 0.25) is 0 Å². The maximum absolute atomic E-state index is 12.4. The van der Waals surface area contributed by atoms with Crippen molar-refractivity contribution in [2.75, 3.05) is 57.3 Å². The molecule has 0 radical (unpaired) electrons. The molecular formula is C18H29N3O. The molecule has 1 heterocycles. The monoisotopic (exact) mass is 303 g/mol. The van der Waals surface area contributed by atoms with Crippen LogP contribution in [0.15, 0.2) is 24.3 Å². The predicted octanol–water partition coefficient (Wildman–Crippen LogP) is 2.35. The van der Waals surface area contributed by atoms with Gasteiger partial charge in [0.1, 0.15) is 0 Å². The molecule has 0 saturated carbocycles. The number of anilines is 1. The molecule has 0 unspecified atom stereocenters. The Bertz CT molecular complexity index is 460. The van der Waals surface area contributed by atoms with Gasteiger partial charge in [-0.3, -0.25) is 9.69 Å².